The second kappa shape index (κ2) is 5.14. The molecule has 0 fully saturated rings. The number of aromatic nitrogens is 1. The van der Waals surface area contributed by atoms with Crippen LogP contribution in [0.1, 0.15) is 46.0 Å². The number of aryl methyl sites for hydroxylation is 1. The van der Waals surface area contributed by atoms with Gasteiger partial charge in [-0.3, -0.25) is 14.4 Å². The van der Waals surface area contributed by atoms with Crippen molar-refractivity contribution in [3.63, 3.8) is 0 Å². The molecule has 0 atom stereocenters. The summed E-state index contributed by atoms with van der Waals surface area (Å²) in [7, 11) is 2.95. The Labute approximate surface area is 101 Å². The average Bonchev–Trinajstić information content (AvgIpc) is 2.63. The molecular formula is C12H18N2O3. The number of hydrogen-bond acceptors (Lipinski definition) is 3. The minimum Gasteiger partial charge on any atom is -0.354 e. The maximum absolute atomic E-state index is 12.0. The van der Waals surface area contributed by atoms with Gasteiger partial charge in [-0.1, -0.05) is 6.92 Å². The number of amides is 1. The lowest BCUT2D eigenvalue weighted by molar-refractivity contribution is -0.0760. The number of H-pyrrole nitrogens is 1. The van der Waals surface area contributed by atoms with Gasteiger partial charge in [0.2, 0.25) is 0 Å². The van der Waals surface area contributed by atoms with E-state index in [0.717, 1.165) is 16.3 Å². The van der Waals surface area contributed by atoms with E-state index in [-0.39, 0.29) is 11.7 Å². The number of hydrogen-bond donors (Lipinski definition) is 1. The van der Waals surface area contributed by atoms with Crippen LogP contribution in [-0.2, 0) is 11.3 Å². The second-order valence-electron chi connectivity index (χ2n) is 3.87. The lowest BCUT2D eigenvalue weighted by atomic mass is 10.0. The minimum absolute atomic E-state index is 0.0327. The van der Waals surface area contributed by atoms with Crippen LogP contribution in [0.25, 0.3) is 0 Å². The summed E-state index contributed by atoms with van der Waals surface area (Å²) in [6.07, 6.45) is 0.623. The van der Waals surface area contributed by atoms with Crippen LogP contribution in [0.3, 0.4) is 0 Å². The first-order valence-electron chi connectivity index (χ1n) is 5.48. The minimum atomic E-state index is -0.278. The van der Waals surface area contributed by atoms with Gasteiger partial charge < -0.3 is 4.98 Å². The number of ketones is 1. The first kappa shape index (κ1) is 13.4. The smallest absolute Gasteiger partial charge is 0.293 e. The molecule has 5 heteroatoms. The number of carbonyl (C=O) groups is 2. The van der Waals surface area contributed by atoms with Gasteiger partial charge in [-0.05, 0) is 25.8 Å². The Morgan fingerprint density at radius 2 is 2.00 bits per heavy atom. The van der Waals surface area contributed by atoms with Crippen LogP contribution in [0.2, 0.25) is 0 Å². The number of carbonyl (C=O) groups excluding carboxylic acids is 2. The molecule has 1 aromatic rings. The summed E-state index contributed by atoms with van der Waals surface area (Å²) in [4.78, 5) is 31.4. The van der Waals surface area contributed by atoms with Crippen molar-refractivity contribution in [2.45, 2.75) is 27.2 Å². The molecule has 0 saturated carbocycles. The molecule has 0 bridgehead atoms. The first-order chi connectivity index (χ1) is 7.93. The van der Waals surface area contributed by atoms with Gasteiger partial charge in [0.15, 0.2) is 5.78 Å². The van der Waals surface area contributed by atoms with Crippen LogP contribution < -0.4 is 0 Å². The molecule has 0 radical (unpaired) electrons. The maximum Gasteiger partial charge on any atom is 0.293 e. The highest BCUT2D eigenvalue weighted by Gasteiger charge is 2.23. The Kier molecular flexibility index (Phi) is 4.07. The highest BCUT2D eigenvalue weighted by atomic mass is 16.7. The zero-order chi connectivity index (χ0) is 13.2. The van der Waals surface area contributed by atoms with Crippen molar-refractivity contribution in [3.8, 4) is 0 Å². The Morgan fingerprint density at radius 1 is 1.41 bits per heavy atom. The van der Waals surface area contributed by atoms with Gasteiger partial charge in [0.05, 0.1) is 7.11 Å². The highest BCUT2D eigenvalue weighted by molar-refractivity contribution is 6.02. The van der Waals surface area contributed by atoms with Gasteiger partial charge in [-0.25, -0.2) is 5.06 Å². The van der Waals surface area contributed by atoms with E-state index >= 15 is 0 Å². The van der Waals surface area contributed by atoms with E-state index in [1.807, 2.05) is 6.92 Å². The number of hydroxylamine groups is 2. The summed E-state index contributed by atoms with van der Waals surface area (Å²) in [5.41, 5.74) is 2.52. The topological polar surface area (TPSA) is 62.4 Å². The molecule has 17 heavy (non-hydrogen) atoms. The van der Waals surface area contributed by atoms with E-state index in [2.05, 4.69) is 4.98 Å². The molecule has 0 saturated heterocycles. The molecule has 0 aliphatic heterocycles. The fourth-order valence-corrected chi connectivity index (χ4v) is 1.93. The van der Waals surface area contributed by atoms with Crippen LogP contribution >= 0.6 is 0 Å². The number of rotatable bonds is 4. The SMILES string of the molecule is CCc1c(C(=O)N(C)OC)[nH]c(C)c1C(C)=O. The third-order valence-corrected chi connectivity index (χ3v) is 2.77. The molecule has 1 amide bonds. The van der Waals surface area contributed by atoms with Gasteiger partial charge >= 0.3 is 0 Å². The van der Waals surface area contributed by atoms with Crippen LogP contribution in [0.5, 0.6) is 0 Å². The first-order valence-corrected chi connectivity index (χ1v) is 5.48. The van der Waals surface area contributed by atoms with Gasteiger partial charge in [0.1, 0.15) is 5.69 Å². The molecule has 1 aromatic heterocycles. The van der Waals surface area contributed by atoms with Crippen molar-refractivity contribution < 1.29 is 14.4 Å². The summed E-state index contributed by atoms with van der Waals surface area (Å²) in [6, 6.07) is 0. The van der Waals surface area contributed by atoms with Crippen LogP contribution in [0.4, 0.5) is 0 Å². The molecule has 0 aliphatic carbocycles. The summed E-state index contributed by atoms with van der Waals surface area (Å²) >= 11 is 0. The predicted octanol–water partition coefficient (Wildman–Crippen LogP) is 1.72. The quantitative estimate of drug-likeness (QED) is 0.641. The standard InChI is InChI=1S/C12H18N2O3/c1-6-9-10(8(3)15)7(2)13-11(9)12(16)14(4)17-5/h13H,6H2,1-5H3. The Balaban J connectivity index is 3.31. The van der Waals surface area contributed by atoms with E-state index in [9.17, 15) is 9.59 Å². The normalized spacial score (nSPS) is 10.4. The summed E-state index contributed by atoms with van der Waals surface area (Å²) < 4.78 is 0. The largest absolute Gasteiger partial charge is 0.354 e. The lowest BCUT2D eigenvalue weighted by Gasteiger charge is -2.13. The number of nitrogens with zero attached hydrogens (tertiary/aromatic N) is 1. The summed E-state index contributed by atoms with van der Waals surface area (Å²) in [5.74, 6) is -0.310. The Hall–Kier alpha value is -1.62. The summed E-state index contributed by atoms with van der Waals surface area (Å²) in [5, 5.41) is 1.13. The third-order valence-electron chi connectivity index (χ3n) is 2.77. The molecule has 0 unspecified atom stereocenters. The molecule has 5 nitrogen and oxygen atoms in total. The van der Waals surface area contributed by atoms with E-state index < -0.39 is 0 Å². The van der Waals surface area contributed by atoms with Crippen molar-refractivity contribution in [1.29, 1.82) is 0 Å². The van der Waals surface area contributed by atoms with E-state index in [1.54, 1.807) is 6.92 Å². The van der Waals surface area contributed by atoms with Crippen molar-refractivity contribution in [2.24, 2.45) is 0 Å². The molecule has 0 spiro atoms. The number of Topliss-reactive ketones (excluding diaryl/α,β-unsaturated/α-hetero) is 1. The van der Waals surface area contributed by atoms with Crippen molar-refractivity contribution in [3.05, 3.63) is 22.5 Å². The maximum atomic E-state index is 12.0. The van der Waals surface area contributed by atoms with Crippen molar-refractivity contribution in [1.82, 2.24) is 10.0 Å². The van der Waals surface area contributed by atoms with Crippen LogP contribution in [0.15, 0.2) is 0 Å². The van der Waals surface area contributed by atoms with Gasteiger partial charge in [0.25, 0.3) is 5.91 Å². The lowest BCUT2D eigenvalue weighted by Crippen LogP contribution is -2.26. The predicted molar refractivity (Wildman–Crippen MR) is 64.0 cm³/mol. The molecule has 0 aliphatic rings. The molecule has 1 heterocycles. The fourth-order valence-electron chi connectivity index (χ4n) is 1.93. The van der Waals surface area contributed by atoms with Gasteiger partial charge in [-0.2, -0.15) is 0 Å². The van der Waals surface area contributed by atoms with E-state index in [0.29, 0.717) is 17.7 Å². The number of nitrogens with one attached hydrogen (secondary N) is 1. The fraction of sp³-hybridized carbons (Fsp3) is 0.500. The number of aromatic amines is 1. The second-order valence-corrected chi connectivity index (χ2v) is 3.87. The van der Waals surface area contributed by atoms with E-state index in [1.165, 1.54) is 21.1 Å². The average molecular weight is 238 g/mol. The molecule has 0 aromatic carbocycles. The molecule has 1 N–H and O–H groups in total. The van der Waals surface area contributed by atoms with Crippen LogP contribution in [0, 0.1) is 6.92 Å². The summed E-state index contributed by atoms with van der Waals surface area (Å²) in [6.45, 7) is 5.21. The zero-order valence-corrected chi connectivity index (χ0v) is 10.9. The molecule has 1 rings (SSSR count). The Bertz CT molecular complexity index is 449. The third kappa shape index (κ3) is 2.39. The molecular weight excluding hydrogens is 220 g/mol. The van der Waals surface area contributed by atoms with Crippen molar-refractivity contribution in [2.75, 3.05) is 14.2 Å². The van der Waals surface area contributed by atoms with Gasteiger partial charge in [-0.15, -0.1) is 0 Å². The van der Waals surface area contributed by atoms with E-state index in [4.69, 9.17) is 4.84 Å². The highest BCUT2D eigenvalue weighted by Crippen LogP contribution is 2.21. The van der Waals surface area contributed by atoms with Gasteiger partial charge in [0, 0.05) is 18.3 Å². The van der Waals surface area contributed by atoms with Crippen molar-refractivity contribution >= 4 is 11.7 Å². The monoisotopic (exact) mass is 238 g/mol. The Morgan fingerprint density at radius 3 is 2.41 bits per heavy atom. The molecule has 94 valence electrons. The van der Waals surface area contributed by atoms with Crippen LogP contribution in [-0.4, -0.2) is 35.9 Å². The zero-order valence-electron chi connectivity index (χ0n) is 10.9.